The first-order valence-electron chi connectivity index (χ1n) is 6.01. The summed E-state index contributed by atoms with van der Waals surface area (Å²) in [5.74, 6) is 0.195. The van der Waals surface area contributed by atoms with Crippen LogP contribution in [0.15, 0.2) is 39.9 Å². The molecule has 0 amide bonds. The highest BCUT2D eigenvalue weighted by Gasteiger charge is 2.07. The number of hydrogen-bond donors (Lipinski definition) is 1. The molecule has 1 heterocycles. The van der Waals surface area contributed by atoms with Crippen LogP contribution in [0.2, 0.25) is 0 Å². The largest absolute Gasteiger partial charge is 0.364 e. The third kappa shape index (κ3) is 2.90. The zero-order valence-electron chi connectivity index (χ0n) is 11.0. The Morgan fingerprint density at radius 1 is 1.16 bits per heavy atom. The van der Waals surface area contributed by atoms with E-state index in [2.05, 4.69) is 10.4 Å². The second kappa shape index (κ2) is 5.51. The van der Waals surface area contributed by atoms with Crippen molar-refractivity contribution in [3.8, 4) is 0 Å². The van der Waals surface area contributed by atoms with Crippen molar-refractivity contribution in [2.75, 3.05) is 11.9 Å². The third-order valence-electron chi connectivity index (χ3n) is 2.87. The van der Waals surface area contributed by atoms with Gasteiger partial charge in [-0.2, -0.15) is 0 Å². The van der Waals surface area contributed by atoms with Gasteiger partial charge in [0.05, 0.1) is 0 Å². The highest BCUT2D eigenvalue weighted by atomic mass is 16.2. The second-order valence-electron chi connectivity index (χ2n) is 4.28. The molecule has 6 nitrogen and oxygen atoms in total. The number of aryl methyl sites for hydroxylation is 1. The van der Waals surface area contributed by atoms with Gasteiger partial charge in [-0.05, 0) is 12.0 Å². The van der Waals surface area contributed by atoms with Crippen LogP contribution in [0.25, 0.3) is 0 Å². The first-order valence-corrected chi connectivity index (χ1v) is 6.01. The zero-order chi connectivity index (χ0) is 13.8. The van der Waals surface area contributed by atoms with Crippen LogP contribution in [-0.4, -0.2) is 20.9 Å². The lowest BCUT2D eigenvalue weighted by molar-refractivity contribution is 0.604. The summed E-state index contributed by atoms with van der Waals surface area (Å²) in [6.45, 7) is 0.588. The summed E-state index contributed by atoms with van der Waals surface area (Å²) in [7, 11) is 2.96. The Balaban J connectivity index is 2.09. The van der Waals surface area contributed by atoms with Crippen LogP contribution in [0.4, 0.5) is 5.82 Å². The number of nitrogens with zero attached hydrogens (tertiary/aromatic N) is 3. The molecule has 0 spiro atoms. The average molecular weight is 260 g/mol. The minimum absolute atomic E-state index is 0.195. The van der Waals surface area contributed by atoms with Gasteiger partial charge in [-0.15, -0.1) is 5.10 Å². The van der Waals surface area contributed by atoms with Crippen molar-refractivity contribution in [1.82, 2.24) is 14.3 Å². The smallest absolute Gasteiger partial charge is 0.346 e. The fraction of sp³-hybridized carbons (Fsp3) is 0.308. The Hall–Kier alpha value is -2.37. The summed E-state index contributed by atoms with van der Waals surface area (Å²) in [5.41, 5.74) is 0.339. The van der Waals surface area contributed by atoms with Gasteiger partial charge < -0.3 is 5.32 Å². The van der Waals surface area contributed by atoms with Crippen molar-refractivity contribution in [2.24, 2.45) is 14.1 Å². The highest BCUT2D eigenvalue weighted by Crippen LogP contribution is 1.99. The van der Waals surface area contributed by atoms with Gasteiger partial charge >= 0.3 is 5.69 Å². The maximum Gasteiger partial charge on any atom is 0.346 e. The van der Waals surface area contributed by atoms with Crippen molar-refractivity contribution in [3.05, 3.63) is 56.7 Å². The van der Waals surface area contributed by atoms with Crippen LogP contribution >= 0.6 is 0 Å². The molecule has 6 heteroatoms. The lowest BCUT2D eigenvalue weighted by Gasteiger charge is -2.07. The molecule has 0 saturated heterocycles. The van der Waals surface area contributed by atoms with E-state index in [0.717, 1.165) is 15.7 Å². The van der Waals surface area contributed by atoms with Crippen LogP contribution in [0.3, 0.4) is 0 Å². The molecule has 0 bridgehead atoms. The summed E-state index contributed by atoms with van der Waals surface area (Å²) in [4.78, 5) is 23.3. The van der Waals surface area contributed by atoms with Crippen molar-refractivity contribution in [3.63, 3.8) is 0 Å². The van der Waals surface area contributed by atoms with Gasteiger partial charge in [-0.3, -0.25) is 9.36 Å². The predicted molar refractivity (Wildman–Crippen MR) is 73.4 cm³/mol. The summed E-state index contributed by atoms with van der Waals surface area (Å²) >= 11 is 0. The summed E-state index contributed by atoms with van der Waals surface area (Å²) < 4.78 is 2.18. The predicted octanol–water partition coefficient (Wildman–Crippen LogP) is 0.134. The molecular weight excluding hydrogens is 244 g/mol. The number of nitrogens with one attached hydrogen (secondary N) is 1. The quantitative estimate of drug-likeness (QED) is 0.848. The molecule has 1 N–H and O–H groups in total. The van der Waals surface area contributed by atoms with E-state index in [9.17, 15) is 9.59 Å². The molecule has 0 fully saturated rings. The number of hydrogen-bond acceptors (Lipinski definition) is 4. The third-order valence-corrected chi connectivity index (χ3v) is 2.87. The topological polar surface area (TPSA) is 68.9 Å². The average Bonchev–Trinajstić information content (AvgIpc) is 2.43. The standard InChI is InChI=1S/C13H16N4O2/c1-16-12(18)11(15-17(2)13(16)19)14-9-8-10-6-4-3-5-7-10/h3-7H,8-9H2,1-2H3,(H,14,15). The normalized spacial score (nSPS) is 10.4. The molecule has 100 valence electrons. The second-order valence-corrected chi connectivity index (χ2v) is 4.28. The molecule has 0 unspecified atom stereocenters. The molecule has 0 atom stereocenters. The molecule has 2 rings (SSSR count). The van der Waals surface area contributed by atoms with E-state index >= 15 is 0 Å². The zero-order valence-corrected chi connectivity index (χ0v) is 11.0. The van der Waals surface area contributed by atoms with Gasteiger partial charge in [0, 0.05) is 20.6 Å². The number of rotatable bonds is 4. The van der Waals surface area contributed by atoms with Gasteiger partial charge in [0.15, 0.2) is 0 Å². The van der Waals surface area contributed by atoms with E-state index in [4.69, 9.17) is 0 Å². The van der Waals surface area contributed by atoms with E-state index in [0.29, 0.717) is 6.54 Å². The van der Waals surface area contributed by atoms with E-state index in [-0.39, 0.29) is 5.82 Å². The first kappa shape index (κ1) is 13.1. The Morgan fingerprint density at radius 3 is 2.53 bits per heavy atom. The number of anilines is 1. The van der Waals surface area contributed by atoms with E-state index in [1.54, 1.807) is 0 Å². The fourth-order valence-corrected chi connectivity index (χ4v) is 1.78. The molecule has 0 aliphatic carbocycles. The maximum atomic E-state index is 11.8. The molecule has 1 aromatic heterocycles. The Kier molecular flexibility index (Phi) is 3.79. The van der Waals surface area contributed by atoms with Crippen LogP contribution in [0.1, 0.15) is 5.56 Å². The molecule has 0 aliphatic heterocycles. The summed E-state index contributed by atoms with van der Waals surface area (Å²) in [5, 5.41) is 6.89. The van der Waals surface area contributed by atoms with Crippen molar-refractivity contribution in [1.29, 1.82) is 0 Å². The van der Waals surface area contributed by atoms with E-state index in [1.807, 2.05) is 30.3 Å². The molecule has 19 heavy (non-hydrogen) atoms. The molecule has 1 aromatic carbocycles. The fourth-order valence-electron chi connectivity index (χ4n) is 1.78. The lowest BCUT2D eigenvalue weighted by Crippen LogP contribution is -2.40. The van der Waals surface area contributed by atoms with Crippen molar-refractivity contribution in [2.45, 2.75) is 6.42 Å². The minimum Gasteiger partial charge on any atom is -0.364 e. The van der Waals surface area contributed by atoms with Crippen LogP contribution in [0.5, 0.6) is 0 Å². The van der Waals surface area contributed by atoms with Gasteiger partial charge in [-0.25, -0.2) is 9.48 Å². The molecule has 0 aliphatic rings. The van der Waals surface area contributed by atoms with E-state index in [1.165, 1.54) is 19.7 Å². The molecule has 0 radical (unpaired) electrons. The van der Waals surface area contributed by atoms with E-state index < -0.39 is 11.2 Å². The Bertz CT molecular complexity index is 673. The molecular formula is C13H16N4O2. The molecule has 0 saturated carbocycles. The van der Waals surface area contributed by atoms with Crippen molar-refractivity contribution >= 4 is 5.82 Å². The van der Waals surface area contributed by atoms with Crippen LogP contribution < -0.4 is 16.6 Å². The Labute approximate surface area is 110 Å². The highest BCUT2D eigenvalue weighted by molar-refractivity contribution is 5.30. The van der Waals surface area contributed by atoms with Gasteiger partial charge in [0.1, 0.15) is 0 Å². The summed E-state index contributed by atoms with van der Waals surface area (Å²) in [6, 6.07) is 9.95. The van der Waals surface area contributed by atoms with Crippen LogP contribution in [-0.2, 0) is 20.5 Å². The monoisotopic (exact) mass is 260 g/mol. The lowest BCUT2D eigenvalue weighted by atomic mass is 10.1. The van der Waals surface area contributed by atoms with Gasteiger partial charge in [0.25, 0.3) is 5.56 Å². The SMILES string of the molecule is Cn1nc(NCCc2ccccc2)c(=O)n(C)c1=O. The molecule has 2 aromatic rings. The first-order chi connectivity index (χ1) is 9.09. The summed E-state index contributed by atoms with van der Waals surface area (Å²) in [6.07, 6.45) is 0.786. The number of benzene rings is 1. The number of aromatic nitrogens is 3. The van der Waals surface area contributed by atoms with Gasteiger partial charge in [0.2, 0.25) is 5.82 Å². The minimum atomic E-state index is -0.432. The maximum absolute atomic E-state index is 11.8. The van der Waals surface area contributed by atoms with Gasteiger partial charge in [-0.1, -0.05) is 30.3 Å². The van der Waals surface area contributed by atoms with Crippen molar-refractivity contribution < 1.29 is 0 Å². The van der Waals surface area contributed by atoms with Crippen LogP contribution in [0, 0.1) is 0 Å². The Morgan fingerprint density at radius 2 is 1.84 bits per heavy atom.